The second kappa shape index (κ2) is 12.0. The summed E-state index contributed by atoms with van der Waals surface area (Å²) in [6.45, 7) is 0.0682. The van der Waals surface area contributed by atoms with E-state index >= 15 is 0 Å². The molecule has 0 spiro atoms. The van der Waals surface area contributed by atoms with Crippen molar-refractivity contribution in [3.8, 4) is 11.5 Å². The molecule has 0 saturated heterocycles. The fourth-order valence-corrected chi connectivity index (χ4v) is 2.91. The number of para-hydroxylation sites is 1. The van der Waals surface area contributed by atoms with Crippen molar-refractivity contribution in [2.75, 3.05) is 25.0 Å². The molecule has 0 saturated carbocycles. The highest BCUT2D eigenvalue weighted by Gasteiger charge is 2.33. The zero-order chi connectivity index (χ0) is 25.3. The van der Waals surface area contributed by atoms with Crippen LogP contribution in [0.4, 0.5) is 27.6 Å². The third kappa shape index (κ3) is 7.75. The van der Waals surface area contributed by atoms with Crippen molar-refractivity contribution in [3.63, 3.8) is 0 Å². The van der Waals surface area contributed by atoms with Gasteiger partial charge in [-0.1, -0.05) is 18.2 Å². The Morgan fingerprint density at radius 3 is 2.41 bits per heavy atom. The highest BCUT2D eigenvalue weighted by molar-refractivity contribution is 5.98. The monoisotopic (exact) mass is 486 g/mol. The first-order chi connectivity index (χ1) is 16.0. The maximum absolute atomic E-state index is 13.1. The van der Waals surface area contributed by atoms with Crippen LogP contribution >= 0.6 is 0 Å². The van der Waals surface area contributed by atoms with Gasteiger partial charge in [0.05, 0.1) is 17.9 Å². The second-order valence-electron chi connectivity index (χ2n) is 6.79. The molecule has 2 amide bonds. The van der Waals surface area contributed by atoms with Gasteiger partial charge in [-0.2, -0.15) is 22.0 Å². The van der Waals surface area contributed by atoms with Crippen molar-refractivity contribution in [1.29, 1.82) is 0 Å². The number of amides is 2. The zero-order valence-corrected chi connectivity index (χ0v) is 18.4. The van der Waals surface area contributed by atoms with Gasteiger partial charge in [0.2, 0.25) is 11.8 Å². The van der Waals surface area contributed by atoms with E-state index in [1.165, 1.54) is 36.4 Å². The predicted molar refractivity (Wildman–Crippen MR) is 116 cm³/mol. The Hall–Kier alpha value is -3.63. The summed E-state index contributed by atoms with van der Waals surface area (Å²) in [7, 11) is 0. The lowest BCUT2D eigenvalue weighted by Crippen LogP contribution is -2.37. The van der Waals surface area contributed by atoms with Gasteiger partial charge in [0.1, 0.15) is 6.54 Å². The third-order valence-corrected chi connectivity index (χ3v) is 4.44. The van der Waals surface area contributed by atoms with Gasteiger partial charge in [0.25, 0.3) is 0 Å². The van der Waals surface area contributed by atoms with Gasteiger partial charge in [0.15, 0.2) is 11.5 Å². The number of carbonyl (C=O) groups excluding carboxylic acids is 2. The van der Waals surface area contributed by atoms with Crippen LogP contribution < -0.4 is 14.8 Å². The average molecular weight is 486 g/mol. The lowest BCUT2D eigenvalue weighted by atomic mass is 10.1. The third-order valence-electron chi connectivity index (χ3n) is 4.44. The minimum Gasteiger partial charge on any atom is -0.490 e. The molecule has 0 aliphatic heterocycles. The molecule has 34 heavy (non-hydrogen) atoms. The molecule has 0 aliphatic rings. The van der Waals surface area contributed by atoms with E-state index in [4.69, 9.17) is 4.74 Å². The van der Waals surface area contributed by atoms with Crippen LogP contribution in [0.25, 0.3) is 6.08 Å². The number of nitrogens with zero attached hydrogens (tertiary/aromatic N) is 1. The number of rotatable bonds is 10. The number of hydrogen-bond acceptors (Lipinski definition) is 4. The highest BCUT2D eigenvalue weighted by Crippen LogP contribution is 2.34. The van der Waals surface area contributed by atoms with Crippen LogP contribution in [0, 0.1) is 0 Å². The van der Waals surface area contributed by atoms with Gasteiger partial charge in [-0.05, 0) is 49.8 Å². The number of carbonyl (C=O) groups is 2. The fourth-order valence-electron chi connectivity index (χ4n) is 2.91. The standard InChI is InChI=1S/C23H23F5N2O4/c1-3-30(14-20(31)29-17-8-6-5-7-16(17)23(26,27)28)21(32)12-10-15-9-11-18(34-22(24)25)19(13-15)33-4-2/h5-13,22H,3-4,14H2,1-2H3,(H,29,31)/b12-10+. The summed E-state index contributed by atoms with van der Waals surface area (Å²) in [5.41, 5.74) is -0.964. The van der Waals surface area contributed by atoms with Gasteiger partial charge in [0, 0.05) is 12.6 Å². The first kappa shape index (κ1) is 26.6. The molecule has 2 rings (SSSR count). The number of ether oxygens (including phenoxy) is 2. The molecule has 0 atom stereocenters. The molecule has 0 heterocycles. The molecular weight excluding hydrogens is 463 g/mol. The number of alkyl halides is 5. The SMILES string of the molecule is CCOc1cc(/C=C/C(=O)N(CC)CC(=O)Nc2ccccc2C(F)(F)F)ccc1OC(F)F. The number of halogens is 5. The summed E-state index contributed by atoms with van der Waals surface area (Å²) < 4.78 is 74.0. The van der Waals surface area contributed by atoms with E-state index < -0.39 is 42.4 Å². The molecule has 2 aromatic carbocycles. The maximum atomic E-state index is 13.1. The summed E-state index contributed by atoms with van der Waals surface area (Å²) in [6.07, 6.45) is -2.11. The molecule has 184 valence electrons. The van der Waals surface area contributed by atoms with E-state index in [1.54, 1.807) is 13.8 Å². The Morgan fingerprint density at radius 2 is 1.79 bits per heavy atom. The molecular formula is C23H23F5N2O4. The normalized spacial score (nSPS) is 11.5. The highest BCUT2D eigenvalue weighted by atomic mass is 19.4. The van der Waals surface area contributed by atoms with Crippen LogP contribution in [0.15, 0.2) is 48.5 Å². The fraction of sp³-hybridized carbons (Fsp3) is 0.304. The largest absolute Gasteiger partial charge is 0.490 e. The first-order valence-corrected chi connectivity index (χ1v) is 10.2. The van der Waals surface area contributed by atoms with Crippen molar-refractivity contribution in [1.82, 2.24) is 4.90 Å². The molecule has 0 unspecified atom stereocenters. The molecule has 0 aliphatic carbocycles. The van der Waals surface area contributed by atoms with E-state index in [0.29, 0.717) is 5.56 Å². The predicted octanol–water partition coefficient (Wildman–Crippen LogP) is 5.21. The molecule has 6 nitrogen and oxygen atoms in total. The zero-order valence-electron chi connectivity index (χ0n) is 18.4. The summed E-state index contributed by atoms with van der Waals surface area (Å²) in [4.78, 5) is 25.9. The molecule has 0 aromatic heterocycles. The van der Waals surface area contributed by atoms with Crippen LogP contribution in [-0.4, -0.2) is 43.0 Å². The lowest BCUT2D eigenvalue weighted by Gasteiger charge is -2.20. The van der Waals surface area contributed by atoms with Crippen molar-refractivity contribution >= 4 is 23.6 Å². The molecule has 2 aromatic rings. The Bertz CT molecular complexity index is 1020. The Morgan fingerprint density at radius 1 is 1.09 bits per heavy atom. The van der Waals surface area contributed by atoms with Gasteiger partial charge in [-0.25, -0.2) is 0 Å². The van der Waals surface area contributed by atoms with E-state index in [2.05, 4.69) is 10.1 Å². The van der Waals surface area contributed by atoms with Gasteiger partial charge in [-0.15, -0.1) is 0 Å². The second-order valence-corrected chi connectivity index (χ2v) is 6.79. The Balaban J connectivity index is 2.09. The number of nitrogens with one attached hydrogen (secondary N) is 1. The minimum absolute atomic E-state index is 0.0625. The number of benzene rings is 2. The van der Waals surface area contributed by atoms with Crippen LogP contribution in [0.1, 0.15) is 25.0 Å². The first-order valence-electron chi connectivity index (χ1n) is 10.2. The number of anilines is 1. The van der Waals surface area contributed by atoms with E-state index in [0.717, 1.165) is 23.1 Å². The average Bonchev–Trinajstić information content (AvgIpc) is 2.76. The Labute approximate surface area is 193 Å². The summed E-state index contributed by atoms with van der Waals surface area (Å²) >= 11 is 0. The van der Waals surface area contributed by atoms with E-state index in [9.17, 15) is 31.5 Å². The van der Waals surface area contributed by atoms with E-state index in [-0.39, 0.29) is 24.7 Å². The molecule has 11 heteroatoms. The maximum Gasteiger partial charge on any atom is 0.418 e. The quantitative estimate of drug-likeness (QED) is 0.370. The smallest absolute Gasteiger partial charge is 0.418 e. The topological polar surface area (TPSA) is 67.9 Å². The van der Waals surface area contributed by atoms with Gasteiger partial charge in [-0.3, -0.25) is 9.59 Å². The van der Waals surface area contributed by atoms with Crippen LogP contribution in [0.5, 0.6) is 11.5 Å². The van der Waals surface area contributed by atoms with Gasteiger partial charge < -0.3 is 19.7 Å². The van der Waals surface area contributed by atoms with Crippen LogP contribution in [0.3, 0.4) is 0 Å². The summed E-state index contributed by atoms with van der Waals surface area (Å²) in [5, 5.41) is 2.19. The van der Waals surface area contributed by atoms with Crippen molar-refractivity contribution in [2.24, 2.45) is 0 Å². The van der Waals surface area contributed by atoms with E-state index in [1.807, 2.05) is 0 Å². The number of likely N-dealkylation sites (N-methyl/N-ethyl adjacent to an activating group) is 1. The van der Waals surface area contributed by atoms with Crippen molar-refractivity contribution in [3.05, 3.63) is 59.7 Å². The lowest BCUT2D eigenvalue weighted by molar-refractivity contribution is -0.137. The van der Waals surface area contributed by atoms with Crippen LogP contribution in [-0.2, 0) is 15.8 Å². The van der Waals surface area contributed by atoms with Crippen molar-refractivity contribution in [2.45, 2.75) is 26.6 Å². The van der Waals surface area contributed by atoms with Crippen LogP contribution in [0.2, 0.25) is 0 Å². The molecule has 0 radical (unpaired) electrons. The molecule has 1 N–H and O–H groups in total. The Kier molecular flexibility index (Phi) is 9.40. The molecule has 0 fully saturated rings. The minimum atomic E-state index is -4.65. The van der Waals surface area contributed by atoms with Crippen molar-refractivity contribution < 1.29 is 41.0 Å². The molecule has 0 bridgehead atoms. The summed E-state index contributed by atoms with van der Waals surface area (Å²) in [6, 6.07) is 8.62. The summed E-state index contributed by atoms with van der Waals surface area (Å²) in [5.74, 6) is -1.47. The van der Waals surface area contributed by atoms with Gasteiger partial charge >= 0.3 is 12.8 Å². The number of hydrogen-bond donors (Lipinski definition) is 1.